The van der Waals surface area contributed by atoms with Crippen molar-refractivity contribution in [2.24, 2.45) is 4.99 Å². The number of hydrogen-bond acceptors (Lipinski definition) is 3. The zero-order chi connectivity index (χ0) is 18.6. The summed E-state index contributed by atoms with van der Waals surface area (Å²) in [5, 5.41) is 6.60. The molecular weight excluding hydrogens is 455 g/mol. The van der Waals surface area contributed by atoms with Gasteiger partial charge in [0.1, 0.15) is 0 Å². The molecule has 152 valence electrons. The van der Waals surface area contributed by atoms with Crippen molar-refractivity contribution in [1.82, 2.24) is 15.5 Å². The molecule has 0 aromatic heterocycles. The van der Waals surface area contributed by atoms with E-state index in [1.165, 1.54) is 0 Å². The second kappa shape index (κ2) is 13.8. The summed E-state index contributed by atoms with van der Waals surface area (Å²) in [6, 6.07) is 9.94. The Balaban J connectivity index is 0.00000364. The highest BCUT2D eigenvalue weighted by atomic mass is 127. The van der Waals surface area contributed by atoms with Crippen LogP contribution >= 0.6 is 24.0 Å². The Labute approximate surface area is 180 Å². The molecule has 1 aromatic carbocycles. The summed E-state index contributed by atoms with van der Waals surface area (Å²) < 4.78 is 5.38. The molecule has 7 heteroatoms. The third-order valence-electron chi connectivity index (χ3n) is 4.42. The Morgan fingerprint density at radius 3 is 2.52 bits per heavy atom. The second-order valence-electron chi connectivity index (χ2n) is 6.40. The monoisotopic (exact) mass is 488 g/mol. The predicted octanol–water partition coefficient (Wildman–Crippen LogP) is 2.60. The van der Waals surface area contributed by atoms with Crippen LogP contribution in [-0.4, -0.2) is 62.7 Å². The molecule has 1 fully saturated rings. The van der Waals surface area contributed by atoms with Gasteiger partial charge < -0.3 is 20.3 Å². The molecule has 2 rings (SSSR count). The van der Waals surface area contributed by atoms with Crippen LogP contribution in [0.1, 0.15) is 38.2 Å². The highest BCUT2D eigenvalue weighted by Crippen LogP contribution is 2.20. The molecule has 1 aromatic rings. The van der Waals surface area contributed by atoms with E-state index in [4.69, 9.17) is 9.73 Å². The van der Waals surface area contributed by atoms with E-state index in [0.717, 1.165) is 37.5 Å². The Bertz CT molecular complexity index is 562. The second-order valence-corrected chi connectivity index (χ2v) is 6.40. The number of rotatable bonds is 8. The summed E-state index contributed by atoms with van der Waals surface area (Å²) in [6.07, 6.45) is 2.23. The summed E-state index contributed by atoms with van der Waals surface area (Å²) in [7, 11) is 0. The molecule has 2 N–H and O–H groups in total. The first kappa shape index (κ1) is 23.7. The Hall–Kier alpha value is -1.35. The van der Waals surface area contributed by atoms with Crippen molar-refractivity contribution in [3.05, 3.63) is 35.9 Å². The Morgan fingerprint density at radius 2 is 1.89 bits per heavy atom. The van der Waals surface area contributed by atoms with Gasteiger partial charge in [-0.2, -0.15) is 0 Å². The third kappa shape index (κ3) is 8.04. The number of nitrogens with one attached hydrogen (secondary N) is 2. The molecule has 6 nitrogen and oxygen atoms in total. The van der Waals surface area contributed by atoms with Crippen molar-refractivity contribution in [1.29, 1.82) is 0 Å². The van der Waals surface area contributed by atoms with Crippen LogP contribution < -0.4 is 10.6 Å². The summed E-state index contributed by atoms with van der Waals surface area (Å²) in [4.78, 5) is 19.7. The number of aliphatic imine (C=N–C) groups is 1. The van der Waals surface area contributed by atoms with Crippen molar-refractivity contribution < 1.29 is 9.53 Å². The summed E-state index contributed by atoms with van der Waals surface area (Å²) in [6.45, 7) is 8.85. The lowest BCUT2D eigenvalue weighted by Crippen LogP contribution is -2.44. The molecule has 1 amide bonds. The van der Waals surface area contributed by atoms with Gasteiger partial charge in [-0.1, -0.05) is 43.7 Å². The van der Waals surface area contributed by atoms with Gasteiger partial charge in [-0.3, -0.25) is 9.79 Å². The van der Waals surface area contributed by atoms with Crippen molar-refractivity contribution in [2.75, 3.05) is 45.9 Å². The van der Waals surface area contributed by atoms with E-state index in [2.05, 4.69) is 17.6 Å². The van der Waals surface area contributed by atoms with Gasteiger partial charge in [0, 0.05) is 26.2 Å². The van der Waals surface area contributed by atoms with Crippen LogP contribution in [0.15, 0.2) is 35.3 Å². The van der Waals surface area contributed by atoms with Crippen LogP contribution in [0.4, 0.5) is 0 Å². The summed E-state index contributed by atoms with van der Waals surface area (Å²) in [5.41, 5.74) is 1.01. The third-order valence-corrected chi connectivity index (χ3v) is 4.42. The fraction of sp³-hybridized carbons (Fsp3) is 0.600. The summed E-state index contributed by atoms with van der Waals surface area (Å²) >= 11 is 0. The molecule has 0 aliphatic carbocycles. The fourth-order valence-corrected chi connectivity index (χ4v) is 2.92. The predicted molar refractivity (Wildman–Crippen MR) is 121 cm³/mol. The maximum absolute atomic E-state index is 13.1. The van der Waals surface area contributed by atoms with E-state index < -0.39 is 0 Å². The highest BCUT2D eigenvalue weighted by molar-refractivity contribution is 14.0. The normalized spacial score (nSPS) is 15.6. The van der Waals surface area contributed by atoms with Crippen LogP contribution in [0.5, 0.6) is 0 Å². The van der Waals surface area contributed by atoms with E-state index in [9.17, 15) is 4.79 Å². The fourth-order valence-electron chi connectivity index (χ4n) is 2.92. The molecular formula is C20H33IN4O2. The van der Waals surface area contributed by atoms with Crippen LogP contribution in [-0.2, 0) is 9.53 Å². The molecule has 1 saturated heterocycles. The average Bonchev–Trinajstić information content (AvgIpc) is 2.69. The quantitative estimate of drug-likeness (QED) is 0.256. The number of benzene rings is 1. The van der Waals surface area contributed by atoms with Gasteiger partial charge in [0.2, 0.25) is 5.91 Å². The molecule has 1 aliphatic heterocycles. The van der Waals surface area contributed by atoms with E-state index in [0.29, 0.717) is 32.8 Å². The zero-order valence-electron chi connectivity index (χ0n) is 16.4. The minimum atomic E-state index is -0.268. The molecule has 0 radical (unpaired) electrons. The lowest BCUT2D eigenvalue weighted by Gasteiger charge is -2.30. The van der Waals surface area contributed by atoms with Crippen molar-refractivity contribution >= 4 is 35.8 Å². The molecule has 0 bridgehead atoms. The smallest absolute Gasteiger partial charge is 0.232 e. The number of ether oxygens (including phenoxy) is 1. The maximum Gasteiger partial charge on any atom is 0.232 e. The number of halogens is 1. The SMILES string of the molecule is CCCCNC(=NCC(C(=O)N1CCOCC1)c1ccccc1)NCC.I. The minimum absolute atomic E-state index is 0. The number of hydrogen-bond donors (Lipinski definition) is 2. The number of carbonyl (C=O) groups excluding carboxylic acids is 1. The van der Waals surface area contributed by atoms with Crippen molar-refractivity contribution in [3.8, 4) is 0 Å². The molecule has 0 spiro atoms. The van der Waals surface area contributed by atoms with Gasteiger partial charge in [-0.15, -0.1) is 24.0 Å². The first-order valence-corrected chi connectivity index (χ1v) is 9.69. The first-order valence-electron chi connectivity index (χ1n) is 9.69. The number of amides is 1. The van der Waals surface area contributed by atoms with Crippen LogP contribution in [0.2, 0.25) is 0 Å². The zero-order valence-corrected chi connectivity index (χ0v) is 18.8. The summed E-state index contributed by atoms with van der Waals surface area (Å²) in [5.74, 6) is 0.639. The molecule has 1 atom stereocenters. The number of morpholine rings is 1. The average molecular weight is 488 g/mol. The Morgan fingerprint density at radius 1 is 1.19 bits per heavy atom. The molecule has 1 aliphatic rings. The van der Waals surface area contributed by atoms with Gasteiger partial charge in [0.15, 0.2) is 5.96 Å². The van der Waals surface area contributed by atoms with Gasteiger partial charge in [-0.05, 0) is 18.9 Å². The number of guanidine groups is 1. The van der Waals surface area contributed by atoms with Crippen LogP contribution in [0.25, 0.3) is 0 Å². The number of nitrogens with zero attached hydrogens (tertiary/aromatic N) is 2. The highest BCUT2D eigenvalue weighted by Gasteiger charge is 2.27. The Kier molecular flexibility index (Phi) is 12.1. The van der Waals surface area contributed by atoms with Crippen molar-refractivity contribution in [2.45, 2.75) is 32.6 Å². The van der Waals surface area contributed by atoms with Crippen molar-refractivity contribution in [3.63, 3.8) is 0 Å². The maximum atomic E-state index is 13.1. The molecule has 0 saturated carbocycles. The standard InChI is InChI=1S/C20H32N4O2.HI/c1-3-5-11-22-20(21-4-2)23-16-18(17-9-7-6-8-10-17)19(25)24-12-14-26-15-13-24;/h6-10,18H,3-5,11-16H2,1-2H3,(H2,21,22,23);1H. The van der Waals surface area contributed by atoms with Gasteiger partial charge in [0.25, 0.3) is 0 Å². The molecule has 1 heterocycles. The van der Waals surface area contributed by atoms with Crippen LogP contribution in [0, 0.1) is 0 Å². The number of unbranched alkanes of at least 4 members (excludes halogenated alkanes) is 1. The van der Waals surface area contributed by atoms with Gasteiger partial charge in [0.05, 0.1) is 25.7 Å². The largest absolute Gasteiger partial charge is 0.378 e. The number of carbonyl (C=O) groups is 1. The van der Waals surface area contributed by atoms with Gasteiger partial charge >= 0.3 is 0 Å². The van der Waals surface area contributed by atoms with Crippen LogP contribution in [0.3, 0.4) is 0 Å². The molecule has 1 unspecified atom stereocenters. The van der Waals surface area contributed by atoms with E-state index in [1.807, 2.05) is 42.2 Å². The first-order chi connectivity index (χ1) is 12.8. The minimum Gasteiger partial charge on any atom is -0.378 e. The topological polar surface area (TPSA) is 66.0 Å². The van der Waals surface area contributed by atoms with Gasteiger partial charge in [-0.25, -0.2) is 0 Å². The van der Waals surface area contributed by atoms with E-state index in [1.54, 1.807) is 0 Å². The lowest BCUT2D eigenvalue weighted by molar-refractivity contribution is -0.136. The van der Waals surface area contributed by atoms with E-state index >= 15 is 0 Å². The molecule has 27 heavy (non-hydrogen) atoms. The van der Waals surface area contributed by atoms with E-state index in [-0.39, 0.29) is 35.8 Å². The lowest BCUT2D eigenvalue weighted by atomic mass is 9.97.